The van der Waals surface area contributed by atoms with Crippen LogP contribution in [-0.2, 0) is 0 Å². The van der Waals surface area contributed by atoms with Crippen LogP contribution in [0.25, 0.3) is 53.9 Å². The van der Waals surface area contributed by atoms with Crippen LogP contribution in [0.3, 0.4) is 0 Å². The van der Waals surface area contributed by atoms with Crippen LogP contribution >= 0.6 is 0 Å². The Morgan fingerprint density at radius 3 is 1.21 bits per heavy atom. The van der Waals surface area contributed by atoms with Crippen molar-refractivity contribution in [3.8, 4) is 0 Å². The molecular formula is C27H16O2. The summed E-state index contributed by atoms with van der Waals surface area (Å²) in [6.07, 6.45) is 0. The zero-order valence-corrected chi connectivity index (χ0v) is 15.5. The van der Waals surface area contributed by atoms with Crippen LogP contribution in [-0.4, -0.2) is 11.1 Å². The van der Waals surface area contributed by atoms with Crippen LogP contribution < -0.4 is 0 Å². The first-order valence-corrected chi connectivity index (χ1v) is 9.61. The molecule has 29 heavy (non-hydrogen) atoms. The largest absolute Gasteiger partial charge is 0.478 e. The van der Waals surface area contributed by atoms with Crippen LogP contribution in [0, 0.1) is 0 Å². The molecule has 0 amide bonds. The van der Waals surface area contributed by atoms with Crippen molar-refractivity contribution >= 4 is 59.8 Å². The number of carboxylic acids is 1. The van der Waals surface area contributed by atoms with Gasteiger partial charge in [-0.1, -0.05) is 30.3 Å². The number of hydrogen-bond acceptors (Lipinski definition) is 1. The zero-order chi connectivity index (χ0) is 19.5. The third-order valence-electron chi connectivity index (χ3n) is 5.82. The van der Waals surface area contributed by atoms with Gasteiger partial charge in [-0.15, -0.1) is 0 Å². The van der Waals surface area contributed by atoms with Gasteiger partial charge in [-0.2, -0.15) is 0 Å². The van der Waals surface area contributed by atoms with Crippen molar-refractivity contribution in [2.75, 3.05) is 0 Å². The maximum atomic E-state index is 11.3. The molecule has 136 valence electrons. The average molecular weight is 372 g/mol. The number of rotatable bonds is 1. The number of carbonyl (C=O) groups is 1. The Morgan fingerprint density at radius 1 is 0.448 bits per heavy atom. The lowest BCUT2D eigenvalue weighted by Crippen LogP contribution is -1.95. The topological polar surface area (TPSA) is 37.3 Å². The molecule has 1 N–H and O–H groups in total. The minimum absolute atomic E-state index is 0.315. The summed E-state index contributed by atoms with van der Waals surface area (Å²) in [7, 11) is 0. The minimum atomic E-state index is -0.899. The Bertz CT molecular complexity index is 1630. The monoisotopic (exact) mass is 372 g/mol. The first-order valence-electron chi connectivity index (χ1n) is 9.61. The highest BCUT2D eigenvalue weighted by Crippen LogP contribution is 2.32. The summed E-state index contributed by atoms with van der Waals surface area (Å²) in [4.78, 5) is 11.3. The third-order valence-corrected chi connectivity index (χ3v) is 5.82. The molecule has 0 atom stereocenters. The molecule has 0 fully saturated rings. The van der Waals surface area contributed by atoms with E-state index in [1.54, 1.807) is 12.1 Å². The molecule has 0 saturated carbocycles. The van der Waals surface area contributed by atoms with Gasteiger partial charge in [0.2, 0.25) is 0 Å². The highest BCUT2D eigenvalue weighted by molar-refractivity contribution is 6.10. The molecule has 2 heteroatoms. The van der Waals surface area contributed by atoms with E-state index < -0.39 is 5.97 Å². The van der Waals surface area contributed by atoms with Crippen molar-refractivity contribution in [3.63, 3.8) is 0 Å². The average Bonchev–Trinajstić information content (AvgIpc) is 2.73. The second-order valence-corrected chi connectivity index (χ2v) is 7.66. The fourth-order valence-electron chi connectivity index (χ4n) is 4.33. The van der Waals surface area contributed by atoms with Crippen molar-refractivity contribution in [2.24, 2.45) is 0 Å². The van der Waals surface area contributed by atoms with Gasteiger partial charge in [0.05, 0.1) is 5.56 Å². The summed E-state index contributed by atoms with van der Waals surface area (Å²) in [5, 5.41) is 20.9. The van der Waals surface area contributed by atoms with E-state index >= 15 is 0 Å². The normalized spacial score (nSPS) is 11.7. The molecule has 0 radical (unpaired) electrons. The summed E-state index contributed by atoms with van der Waals surface area (Å²) in [6, 6.07) is 31.4. The Labute approximate surface area is 166 Å². The predicted octanol–water partition coefficient (Wildman–Crippen LogP) is 7.15. The molecule has 0 saturated heterocycles. The molecule has 0 unspecified atom stereocenters. The Hall–Kier alpha value is -3.91. The van der Waals surface area contributed by atoms with E-state index in [1.807, 2.05) is 6.07 Å². The molecule has 0 aromatic heterocycles. The summed E-state index contributed by atoms with van der Waals surface area (Å²) in [5.41, 5.74) is 0.315. The lowest BCUT2D eigenvalue weighted by molar-refractivity contribution is 0.0697. The van der Waals surface area contributed by atoms with Crippen LogP contribution in [0.1, 0.15) is 10.4 Å². The van der Waals surface area contributed by atoms with Gasteiger partial charge >= 0.3 is 5.97 Å². The molecule has 0 aliphatic carbocycles. The molecule has 0 aliphatic rings. The van der Waals surface area contributed by atoms with Crippen molar-refractivity contribution in [1.82, 2.24) is 0 Å². The first kappa shape index (κ1) is 16.1. The van der Waals surface area contributed by atoms with Gasteiger partial charge in [0.25, 0.3) is 0 Å². The molecule has 0 bridgehead atoms. The smallest absolute Gasteiger partial charge is 0.335 e. The molecule has 2 nitrogen and oxygen atoms in total. The molecule has 0 spiro atoms. The van der Waals surface area contributed by atoms with Crippen molar-refractivity contribution in [3.05, 3.63) is 96.6 Å². The Kier molecular flexibility index (Phi) is 3.21. The lowest BCUT2D eigenvalue weighted by Gasteiger charge is -2.08. The second kappa shape index (κ2) is 5.79. The number of benzene rings is 6. The highest BCUT2D eigenvalue weighted by atomic mass is 16.4. The molecule has 6 aromatic carbocycles. The fraction of sp³-hybridized carbons (Fsp3) is 0. The summed E-state index contributed by atoms with van der Waals surface area (Å²) >= 11 is 0. The van der Waals surface area contributed by atoms with Crippen molar-refractivity contribution < 1.29 is 9.90 Å². The van der Waals surface area contributed by atoms with Gasteiger partial charge in [-0.05, 0) is 115 Å². The molecular weight excluding hydrogens is 356 g/mol. The van der Waals surface area contributed by atoms with E-state index in [1.165, 1.54) is 32.3 Å². The zero-order valence-electron chi connectivity index (χ0n) is 15.5. The van der Waals surface area contributed by atoms with E-state index in [0.29, 0.717) is 5.56 Å². The maximum absolute atomic E-state index is 11.3. The van der Waals surface area contributed by atoms with Gasteiger partial charge in [0.1, 0.15) is 0 Å². The molecule has 0 aliphatic heterocycles. The van der Waals surface area contributed by atoms with Gasteiger partial charge in [-0.25, -0.2) is 4.79 Å². The van der Waals surface area contributed by atoms with Gasteiger partial charge in [-0.3, -0.25) is 0 Å². The molecule has 6 rings (SSSR count). The van der Waals surface area contributed by atoms with Crippen molar-refractivity contribution in [2.45, 2.75) is 0 Å². The van der Waals surface area contributed by atoms with E-state index in [4.69, 9.17) is 0 Å². The quantitative estimate of drug-likeness (QED) is 0.311. The van der Waals surface area contributed by atoms with Crippen LogP contribution in [0.15, 0.2) is 91.0 Å². The minimum Gasteiger partial charge on any atom is -0.478 e. The standard InChI is InChI=1S/C27H16O2/c28-27(29)19-6-5-18-9-23-14-25-12-21-7-16-3-1-2-4-17(16)8-22(21)13-26(25)15-24(23)11-20(18)10-19/h1-15H,(H,28,29). The van der Waals surface area contributed by atoms with E-state index in [0.717, 1.165) is 21.5 Å². The van der Waals surface area contributed by atoms with Crippen LogP contribution in [0.5, 0.6) is 0 Å². The number of aromatic carboxylic acids is 1. The number of carboxylic acid groups (broad SMARTS) is 1. The van der Waals surface area contributed by atoms with Gasteiger partial charge in [0.15, 0.2) is 0 Å². The Morgan fingerprint density at radius 2 is 0.793 bits per heavy atom. The molecule has 0 heterocycles. The van der Waals surface area contributed by atoms with E-state index in [-0.39, 0.29) is 0 Å². The number of fused-ring (bicyclic) bond motifs is 5. The third kappa shape index (κ3) is 2.54. The van der Waals surface area contributed by atoms with E-state index in [2.05, 4.69) is 72.8 Å². The summed E-state index contributed by atoms with van der Waals surface area (Å²) < 4.78 is 0. The predicted molar refractivity (Wildman–Crippen MR) is 121 cm³/mol. The summed E-state index contributed by atoms with van der Waals surface area (Å²) in [5.74, 6) is -0.899. The maximum Gasteiger partial charge on any atom is 0.335 e. The Balaban J connectivity index is 1.65. The van der Waals surface area contributed by atoms with Crippen LogP contribution in [0.2, 0.25) is 0 Å². The van der Waals surface area contributed by atoms with Crippen molar-refractivity contribution in [1.29, 1.82) is 0 Å². The SMILES string of the molecule is O=C(O)c1ccc2cc3cc4cc5cc6ccccc6cc5cc4cc3cc2c1. The van der Waals surface area contributed by atoms with Crippen LogP contribution in [0.4, 0.5) is 0 Å². The fourth-order valence-corrected chi connectivity index (χ4v) is 4.33. The van der Waals surface area contributed by atoms with Gasteiger partial charge < -0.3 is 5.11 Å². The highest BCUT2D eigenvalue weighted by Gasteiger charge is 2.07. The van der Waals surface area contributed by atoms with E-state index in [9.17, 15) is 9.90 Å². The molecule has 6 aromatic rings. The first-order chi connectivity index (χ1) is 14.1. The number of hydrogen-bond donors (Lipinski definition) is 1. The van der Waals surface area contributed by atoms with Gasteiger partial charge in [0, 0.05) is 0 Å². The lowest BCUT2D eigenvalue weighted by atomic mass is 9.96. The summed E-state index contributed by atoms with van der Waals surface area (Å²) in [6.45, 7) is 0. The second-order valence-electron chi connectivity index (χ2n) is 7.66.